The van der Waals surface area contributed by atoms with Crippen LogP contribution in [0.2, 0.25) is 0 Å². The Morgan fingerprint density at radius 2 is 1.79 bits per heavy atom. The van der Waals surface area contributed by atoms with Crippen LogP contribution in [0, 0.1) is 0 Å². The highest BCUT2D eigenvalue weighted by atomic mass is 16.1. The van der Waals surface area contributed by atoms with Gasteiger partial charge >= 0.3 is 0 Å². The lowest BCUT2D eigenvalue weighted by Gasteiger charge is -2.12. The first-order valence-corrected chi connectivity index (χ1v) is 8.16. The largest absolute Gasteiger partial charge is 0.399 e. The van der Waals surface area contributed by atoms with E-state index in [0.717, 1.165) is 18.5 Å². The number of rotatable bonds is 3. The molecule has 0 saturated heterocycles. The number of aromatic nitrogens is 3. The van der Waals surface area contributed by atoms with Gasteiger partial charge in [0.15, 0.2) is 5.78 Å². The molecule has 0 amide bonds. The van der Waals surface area contributed by atoms with Crippen LogP contribution in [-0.2, 0) is 0 Å². The maximum Gasteiger partial charge on any atom is 0.195 e. The van der Waals surface area contributed by atoms with Crippen LogP contribution in [0.3, 0.4) is 0 Å². The SMILES string of the molecule is Nc1ccc(C(=O)c2cn(C3CCCC3)c3ncnc(N)c23)cc1. The number of ketones is 1. The highest BCUT2D eigenvalue weighted by Gasteiger charge is 2.25. The lowest BCUT2D eigenvalue weighted by Crippen LogP contribution is -2.04. The van der Waals surface area contributed by atoms with Gasteiger partial charge in [-0.1, -0.05) is 12.8 Å². The molecule has 4 N–H and O–H groups in total. The second kappa shape index (κ2) is 5.63. The summed E-state index contributed by atoms with van der Waals surface area (Å²) in [6.45, 7) is 0. The summed E-state index contributed by atoms with van der Waals surface area (Å²) in [5.41, 5.74) is 14.3. The third kappa shape index (κ3) is 2.31. The molecule has 1 fully saturated rings. The number of hydrogen-bond donors (Lipinski definition) is 2. The van der Waals surface area contributed by atoms with E-state index >= 15 is 0 Å². The van der Waals surface area contributed by atoms with Gasteiger partial charge in [-0.05, 0) is 37.1 Å². The van der Waals surface area contributed by atoms with Gasteiger partial charge in [-0.3, -0.25) is 4.79 Å². The van der Waals surface area contributed by atoms with Gasteiger partial charge in [0, 0.05) is 23.5 Å². The molecular formula is C18H19N5O. The van der Waals surface area contributed by atoms with E-state index in [0.29, 0.717) is 34.1 Å². The number of nitrogen functional groups attached to an aromatic ring is 2. The van der Waals surface area contributed by atoms with Gasteiger partial charge in [0.05, 0.1) is 10.9 Å². The number of nitrogens with zero attached hydrogens (tertiary/aromatic N) is 3. The molecule has 0 unspecified atom stereocenters. The first-order valence-electron chi connectivity index (χ1n) is 8.16. The molecule has 0 bridgehead atoms. The van der Waals surface area contributed by atoms with Crippen molar-refractivity contribution in [3.05, 3.63) is 47.9 Å². The van der Waals surface area contributed by atoms with E-state index in [1.54, 1.807) is 24.3 Å². The van der Waals surface area contributed by atoms with E-state index in [2.05, 4.69) is 14.5 Å². The van der Waals surface area contributed by atoms with Crippen LogP contribution in [0.15, 0.2) is 36.8 Å². The summed E-state index contributed by atoms with van der Waals surface area (Å²) < 4.78 is 2.10. The standard InChI is InChI=1S/C18H19N5O/c19-12-7-5-11(6-8-12)16(24)14-9-23(13-3-1-2-4-13)18-15(14)17(20)21-10-22-18/h5-10,13H,1-4,19H2,(H2,20,21,22). The fourth-order valence-electron chi connectivity index (χ4n) is 3.53. The molecule has 2 heterocycles. The number of benzene rings is 1. The summed E-state index contributed by atoms with van der Waals surface area (Å²) in [5, 5.41) is 0.645. The summed E-state index contributed by atoms with van der Waals surface area (Å²) in [6, 6.07) is 7.29. The van der Waals surface area contributed by atoms with Gasteiger partial charge < -0.3 is 16.0 Å². The van der Waals surface area contributed by atoms with Crippen LogP contribution in [0.25, 0.3) is 11.0 Å². The molecule has 0 radical (unpaired) electrons. The molecule has 6 nitrogen and oxygen atoms in total. The van der Waals surface area contributed by atoms with Crippen LogP contribution < -0.4 is 11.5 Å². The maximum absolute atomic E-state index is 13.0. The minimum absolute atomic E-state index is 0.0850. The molecule has 3 aromatic rings. The van der Waals surface area contributed by atoms with Gasteiger partial charge in [-0.25, -0.2) is 9.97 Å². The number of anilines is 2. The average Bonchev–Trinajstić information content (AvgIpc) is 3.23. The van der Waals surface area contributed by atoms with Crippen LogP contribution in [0.1, 0.15) is 47.6 Å². The number of fused-ring (bicyclic) bond motifs is 1. The summed E-state index contributed by atoms with van der Waals surface area (Å²) in [5.74, 6) is 0.258. The third-order valence-corrected chi connectivity index (χ3v) is 4.77. The molecule has 0 aliphatic heterocycles. The molecule has 1 saturated carbocycles. The summed E-state index contributed by atoms with van der Waals surface area (Å²) in [4.78, 5) is 21.5. The van der Waals surface area contributed by atoms with E-state index in [1.165, 1.54) is 19.2 Å². The average molecular weight is 321 g/mol. The Morgan fingerprint density at radius 1 is 1.08 bits per heavy atom. The fourth-order valence-corrected chi connectivity index (χ4v) is 3.53. The Labute approximate surface area is 139 Å². The van der Waals surface area contributed by atoms with E-state index in [1.807, 2.05) is 6.20 Å². The Morgan fingerprint density at radius 3 is 2.50 bits per heavy atom. The van der Waals surface area contributed by atoms with E-state index in [-0.39, 0.29) is 5.78 Å². The van der Waals surface area contributed by atoms with Crippen LogP contribution in [-0.4, -0.2) is 20.3 Å². The van der Waals surface area contributed by atoms with Crippen LogP contribution in [0.4, 0.5) is 11.5 Å². The molecule has 6 heteroatoms. The zero-order valence-electron chi connectivity index (χ0n) is 13.3. The van der Waals surface area contributed by atoms with Gasteiger partial charge in [-0.2, -0.15) is 0 Å². The van der Waals surface area contributed by atoms with Gasteiger partial charge in [0.2, 0.25) is 0 Å². The summed E-state index contributed by atoms with van der Waals surface area (Å²) in [7, 11) is 0. The molecule has 1 aliphatic rings. The molecule has 0 atom stereocenters. The molecule has 1 aromatic carbocycles. The Bertz CT molecular complexity index is 907. The summed E-state index contributed by atoms with van der Waals surface area (Å²) >= 11 is 0. The van der Waals surface area contributed by atoms with E-state index in [4.69, 9.17) is 11.5 Å². The number of hydrogen-bond acceptors (Lipinski definition) is 5. The number of carbonyl (C=O) groups excluding carboxylic acids is 1. The molecule has 0 spiro atoms. The normalized spacial score (nSPS) is 15.2. The highest BCUT2D eigenvalue weighted by molar-refractivity contribution is 6.18. The van der Waals surface area contributed by atoms with Crippen molar-refractivity contribution in [2.75, 3.05) is 11.5 Å². The topological polar surface area (TPSA) is 99.8 Å². The van der Waals surface area contributed by atoms with Crippen molar-refractivity contribution < 1.29 is 4.79 Å². The van der Waals surface area contributed by atoms with Gasteiger partial charge in [-0.15, -0.1) is 0 Å². The monoisotopic (exact) mass is 321 g/mol. The molecule has 4 rings (SSSR count). The van der Waals surface area contributed by atoms with Crippen LogP contribution >= 0.6 is 0 Å². The lowest BCUT2D eigenvalue weighted by molar-refractivity contribution is 0.104. The second-order valence-electron chi connectivity index (χ2n) is 6.30. The minimum Gasteiger partial charge on any atom is -0.399 e. The van der Waals surface area contributed by atoms with Crippen molar-refractivity contribution in [1.29, 1.82) is 0 Å². The molecule has 2 aromatic heterocycles. The van der Waals surface area contributed by atoms with E-state index < -0.39 is 0 Å². The minimum atomic E-state index is -0.0850. The predicted octanol–water partition coefficient (Wildman–Crippen LogP) is 2.94. The van der Waals surface area contributed by atoms with Crippen molar-refractivity contribution in [3.8, 4) is 0 Å². The van der Waals surface area contributed by atoms with Crippen molar-refractivity contribution in [2.24, 2.45) is 0 Å². The van der Waals surface area contributed by atoms with Crippen molar-refractivity contribution in [3.63, 3.8) is 0 Å². The molecule has 24 heavy (non-hydrogen) atoms. The highest BCUT2D eigenvalue weighted by Crippen LogP contribution is 2.35. The quantitative estimate of drug-likeness (QED) is 0.570. The van der Waals surface area contributed by atoms with Gasteiger partial charge in [0.25, 0.3) is 0 Å². The van der Waals surface area contributed by atoms with Crippen molar-refractivity contribution in [2.45, 2.75) is 31.7 Å². The smallest absolute Gasteiger partial charge is 0.195 e. The first-order chi connectivity index (χ1) is 11.6. The second-order valence-corrected chi connectivity index (χ2v) is 6.30. The fraction of sp³-hybridized carbons (Fsp3) is 0.278. The predicted molar refractivity (Wildman–Crippen MR) is 93.7 cm³/mol. The lowest BCUT2D eigenvalue weighted by atomic mass is 10.0. The van der Waals surface area contributed by atoms with Crippen molar-refractivity contribution in [1.82, 2.24) is 14.5 Å². The first kappa shape index (κ1) is 14.7. The van der Waals surface area contributed by atoms with Gasteiger partial charge in [0.1, 0.15) is 17.8 Å². The zero-order chi connectivity index (χ0) is 16.7. The Balaban J connectivity index is 1.88. The summed E-state index contributed by atoms with van der Waals surface area (Å²) in [6.07, 6.45) is 7.95. The molecule has 1 aliphatic carbocycles. The Kier molecular flexibility index (Phi) is 3.45. The molecule has 122 valence electrons. The maximum atomic E-state index is 13.0. The third-order valence-electron chi connectivity index (χ3n) is 4.77. The number of carbonyl (C=O) groups is 1. The molecular weight excluding hydrogens is 302 g/mol. The Hall–Kier alpha value is -2.89. The number of nitrogens with two attached hydrogens (primary N) is 2. The zero-order valence-corrected chi connectivity index (χ0v) is 13.3. The van der Waals surface area contributed by atoms with E-state index in [9.17, 15) is 4.79 Å². The van der Waals surface area contributed by atoms with Crippen molar-refractivity contribution >= 4 is 28.3 Å². The van der Waals surface area contributed by atoms with Crippen LogP contribution in [0.5, 0.6) is 0 Å².